The van der Waals surface area contributed by atoms with E-state index in [2.05, 4.69) is 15.6 Å². The van der Waals surface area contributed by atoms with Gasteiger partial charge in [-0.25, -0.2) is 13.8 Å². The first kappa shape index (κ1) is 13.0. The normalized spacial score (nSPS) is 23.1. The molecule has 1 fully saturated rings. The van der Waals surface area contributed by atoms with E-state index in [9.17, 15) is 13.9 Å². The van der Waals surface area contributed by atoms with Crippen LogP contribution in [0.5, 0.6) is 0 Å². The molecule has 6 heteroatoms. The summed E-state index contributed by atoms with van der Waals surface area (Å²) in [6.45, 7) is 0.537. The van der Waals surface area contributed by atoms with E-state index in [1.54, 1.807) is 0 Å². The molecule has 0 spiro atoms. The van der Waals surface area contributed by atoms with Crippen molar-refractivity contribution in [1.29, 1.82) is 0 Å². The van der Waals surface area contributed by atoms with Gasteiger partial charge in [-0.1, -0.05) is 0 Å². The Morgan fingerprint density at radius 3 is 2.67 bits per heavy atom. The molecule has 1 heterocycles. The van der Waals surface area contributed by atoms with Crippen LogP contribution in [0.1, 0.15) is 19.3 Å². The van der Waals surface area contributed by atoms with Gasteiger partial charge in [0, 0.05) is 19.7 Å². The Morgan fingerprint density at radius 2 is 2.06 bits per heavy atom. The van der Waals surface area contributed by atoms with Crippen LogP contribution in [0.4, 0.5) is 20.4 Å². The highest BCUT2D eigenvalue weighted by Gasteiger charge is 2.23. The number of hydrogen-bond donors (Lipinski definition) is 3. The minimum absolute atomic E-state index is 0.0188. The maximum atomic E-state index is 13.5. The quantitative estimate of drug-likeness (QED) is 0.772. The highest BCUT2D eigenvalue weighted by atomic mass is 19.1. The van der Waals surface area contributed by atoms with E-state index in [1.165, 1.54) is 7.05 Å². The Labute approximate surface area is 104 Å². The summed E-state index contributed by atoms with van der Waals surface area (Å²) in [5.41, 5.74) is 0. The number of pyridine rings is 1. The topological polar surface area (TPSA) is 57.2 Å². The molecule has 1 aromatic rings. The van der Waals surface area contributed by atoms with Crippen molar-refractivity contribution in [1.82, 2.24) is 4.98 Å². The van der Waals surface area contributed by atoms with E-state index < -0.39 is 11.6 Å². The van der Waals surface area contributed by atoms with Gasteiger partial charge < -0.3 is 15.7 Å². The van der Waals surface area contributed by atoms with E-state index >= 15 is 0 Å². The Bertz CT molecular complexity index is 428. The second-order valence-electron chi connectivity index (χ2n) is 4.61. The molecule has 100 valence electrons. The Hall–Kier alpha value is -1.43. The van der Waals surface area contributed by atoms with Crippen molar-refractivity contribution in [3.05, 3.63) is 17.7 Å². The van der Waals surface area contributed by atoms with E-state index in [0.717, 1.165) is 18.9 Å². The molecule has 2 atom stereocenters. The lowest BCUT2D eigenvalue weighted by Gasteiger charge is -2.13. The van der Waals surface area contributed by atoms with Crippen LogP contribution >= 0.6 is 0 Å². The molecule has 1 aliphatic carbocycles. The van der Waals surface area contributed by atoms with Crippen LogP contribution in [0, 0.1) is 17.6 Å². The third-order valence-corrected chi connectivity index (χ3v) is 3.24. The van der Waals surface area contributed by atoms with Crippen LogP contribution in [0.2, 0.25) is 0 Å². The summed E-state index contributed by atoms with van der Waals surface area (Å²) in [4.78, 5) is 3.84. The first-order chi connectivity index (χ1) is 8.60. The zero-order valence-corrected chi connectivity index (χ0v) is 10.2. The van der Waals surface area contributed by atoms with Gasteiger partial charge in [0.2, 0.25) is 0 Å². The zero-order chi connectivity index (χ0) is 13.1. The standard InChI is InChI=1S/C12H17F2N3O/c1-15-11-9(13)5-10(14)12(17-11)16-6-7-2-3-8(18)4-7/h5,7-8,18H,2-4,6H2,1H3,(H2,15,16,17). The number of halogens is 2. The summed E-state index contributed by atoms with van der Waals surface area (Å²) in [7, 11) is 1.53. The fraction of sp³-hybridized carbons (Fsp3) is 0.583. The summed E-state index contributed by atoms with van der Waals surface area (Å²) >= 11 is 0. The highest BCUT2D eigenvalue weighted by molar-refractivity contribution is 5.47. The van der Waals surface area contributed by atoms with Crippen LogP contribution < -0.4 is 10.6 Å². The van der Waals surface area contributed by atoms with Crippen molar-refractivity contribution < 1.29 is 13.9 Å². The second-order valence-corrected chi connectivity index (χ2v) is 4.61. The van der Waals surface area contributed by atoms with Crippen molar-refractivity contribution >= 4 is 11.6 Å². The number of aromatic nitrogens is 1. The zero-order valence-electron chi connectivity index (χ0n) is 10.2. The lowest BCUT2D eigenvalue weighted by atomic mass is 10.1. The minimum Gasteiger partial charge on any atom is -0.393 e. The molecule has 0 aromatic carbocycles. The van der Waals surface area contributed by atoms with Gasteiger partial charge in [-0.3, -0.25) is 0 Å². The predicted molar refractivity (Wildman–Crippen MR) is 65.5 cm³/mol. The molecular weight excluding hydrogens is 240 g/mol. The number of aliphatic hydroxyl groups is 1. The minimum atomic E-state index is -0.711. The van der Waals surface area contributed by atoms with Crippen LogP contribution in [-0.2, 0) is 0 Å². The Morgan fingerprint density at radius 1 is 1.33 bits per heavy atom. The van der Waals surface area contributed by atoms with Gasteiger partial charge in [0.15, 0.2) is 23.3 Å². The SMILES string of the molecule is CNc1nc(NCC2CCC(O)C2)c(F)cc1F. The van der Waals surface area contributed by atoms with Crippen molar-refractivity contribution in [3.63, 3.8) is 0 Å². The molecule has 1 saturated carbocycles. The Kier molecular flexibility index (Phi) is 3.96. The molecule has 0 amide bonds. The monoisotopic (exact) mass is 257 g/mol. The molecule has 18 heavy (non-hydrogen) atoms. The van der Waals surface area contributed by atoms with E-state index in [1.807, 2.05) is 0 Å². The summed E-state index contributed by atoms with van der Waals surface area (Å²) in [5.74, 6) is -1.04. The number of rotatable bonds is 4. The molecule has 2 unspecified atom stereocenters. The number of anilines is 2. The third-order valence-electron chi connectivity index (χ3n) is 3.24. The molecule has 0 saturated heterocycles. The van der Waals surface area contributed by atoms with Gasteiger partial charge in [0.05, 0.1) is 6.10 Å². The first-order valence-electron chi connectivity index (χ1n) is 6.06. The maximum absolute atomic E-state index is 13.5. The molecule has 0 radical (unpaired) electrons. The van der Waals surface area contributed by atoms with E-state index in [0.29, 0.717) is 18.9 Å². The summed E-state index contributed by atoms with van der Waals surface area (Å²) in [5, 5.41) is 14.8. The fourth-order valence-electron chi connectivity index (χ4n) is 2.24. The number of nitrogens with zero attached hydrogens (tertiary/aromatic N) is 1. The average molecular weight is 257 g/mol. The molecule has 1 aliphatic rings. The molecule has 1 aromatic heterocycles. The maximum Gasteiger partial charge on any atom is 0.168 e. The predicted octanol–water partition coefficient (Wildman–Crippen LogP) is 1.97. The van der Waals surface area contributed by atoms with Gasteiger partial charge in [-0.05, 0) is 25.2 Å². The van der Waals surface area contributed by atoms with Gasteiger partial charge in [-0.2, -0.15) is 0 Å². The summed E-state index contributed by atoms with van der Waals surface area (Å²) in [6, 6.07) is 0.810. The summed E-state index contributed by atoms with van der Waals surface area (Å²) < 4.78 is 26.7. The molecule has 2 rings (SSSR count). The third kappa shape index (κ3) is 2.87. The van der Waals surface area contributed by atoms with Crippen LogP contribution in [0.15, 0.2) is 6.07 Å². The van der Waals surface area contributed by atoms with Gasteiger partial charge in [0.1, 0.15) is 0 Å². The van der Waals surface area contributed by atoms with Gasteiger partial charge in [0.25, 0.3) is 0 Å². The molecular formula is C12H17F2N3O. The lowest BCUT2D eigenvalue weighted by Crippen LogP contribution is -2.15. The lowest BCUT2D eigenvalue weighted by molar-refractivity contribution is 0.178. The van der Waals surface area contributed by atoms with Gasteiger partial charge in [-0.15, -0.1) is 0 Å². The van der Waals surface area contributed by atoms with Gasteiger partial charge >= 0.3 is 0 Å². The van der Waals surface area contributed by atoms with Crippen molar-refractivity contribution in [2.75, 3.05) is 24.2 Å². The highest BCUT2D eigenvalue weighted by Crippen LogP contribution is 2.26. The van der Waals surface area contributed by atoms with Crippen LogP contribution in [0.25, 0.3) is 0 Å². The van der Waals surface area contributed by atoms with Crippen molar-refractivity contribution in [3.8, 4) is 0 Å². The number of nitrogens with one attached hydrogen (secondary N) is 2. The molecule has 0 aliphatic heterocycles. The largest absolute Gasteiger partial charge is 0.393 e. The van der Waals surface area contributed by atoms with Crippen molar-refractivity contribution in [2.45, 2.75) is 25.4 Å². The van der Waals surface area contributed by atoms with Crippen LogP contribution in [0.3, 0.4) is 0 Å². The fourth-order valence-corrected chi connectivity index (χ4v) is 2.24. The van der Waals surface area contributed by atoms with E-state index in [4.69, 9.17) is 0 Å². The average Bonchev–Trinajstić information content (AvgIpc) is 2.74. The number of aliphatic hydroxyl groups excluding tert-OH is 1. The molecule has 0 bridgehead atoms. The van der Waals surface area contributed by atoms with Crippen molar-refractivity contribution in [2.24, 2.45) is 5.92 Å². The summed E-state index contributed by atoms with van der Waals surface area (Å²) in [6.07, 6.45) is 2.16. The number of hydrogen-bond acceptors (Lipinski definition) is 4. The van der Waals surface area contributed by atoms with E-state index in [-0.39, 0.29) is 17.7 Å². The first-order valence-corrected chi connectivity index (χ1v) is 6.06. The smallest absolute Gasteiger partial charge is 0.168 e. The second kappa shape index (κ2) is 5.48. The molecule has 3 N–H and O–H groups in total. The van der Waals surface area contributed by atoms with Crippen LogP contribution in [-0.4, -0.2) is 29.8 Å². The Balaban J connectivity index is 2.00. The molecule has 4 nitrogen and oxygen atoms in total.